The molecule has 3 N–H and O–H groups in total. The summed E-state index contributed by atoms with van der Waals surface area (Å²) < 4.78 is 7.09. The lowest BCUT2D eigenvalue weighted by Gasteiger charge is -2.19. The normalized spacial score (nSPS) is 12.5. The molecule has 0 aliphatic rings. The molecule has 0 radical (unpaired) electrons. The summed E-state index contributed by atoms with van der Waals surface area (Å²) in [5, 5.41) is 4.20. The van der Waals surface area contributed by atoms with E-state index in [1.807, 2.05) is 33.0 Å². The van der Waals surface area contributed by atoms with Gasteiger partial charge in [0.2, 0.25) is 0 Å². The SMILES string of the molecule is COc1cnn(C)c1C(NN)c1ccc(C)nc1C. The number of hydrogen-bond acceptors (Lipinski definition) is 5. The van der Waals surface area contributed by atoms with Gasteiger partial charge in [-0.05, 0) is 25.5 Å². The zero-order valence-corrected chi connectivity index (χ0v) is 11.6. The molecule has 2 aromatic heterocycles. The summed E-state index contributed by atoms with van der Waals surface area (Å²) in [5.41, 5.74) is 6.62. The number of ether oxygens (including phenoxy) is 1. The molecule has 1 atom stereocenters. The van der Waals surface area contributed by atoms with Gasteiger partial charge in [0.25, 0.3) is 0 Å². The number of aryl methyl sites for hydroxylation is 3. The van der Waals surface area contributed by atoms with Crippen LogP contribution in [0.25, 0.3) is 0 Å². The third-order valence-corrected chi connectivity index (χ3v) is 3.19. The van der Waals surface area contributed by atoms with Crippen molar-refractivity contribution in [1.82, 2.24) is 20.2 Å². The number of methoxy groups -OCH3 is 1. The molecule has 1 unspecified atom stereocenters. The van der Waals surface area contributed by atoms with E-state index in [1.165, 1.54) is 0 Å². The second-order valence-corrected chi connectivity index (χ2v) is 4.45. The van der Waals surface area contributed by atoms with Crippen molar-refractivity contribution in [3.05, 3.63) is 41.0 Å². The van der Waals surface area contributed by atoms with Crippen LogP contribution in [-0.2, 0) is 7.05 Å². The highest BCUT2D eigenvalue weighted by atomic mass is 16.5. The average Bonchev–Trinajstić information content (AvgIpc) is 2.74. The minimum atomic E-state index is -0.212. The van der Waals surface area contributed by atoms with Crippen LogP contribution in [0.5, 0.6) is 5.75 Å². The fourth-order valence-electron chi connectivity index (χ4n) is 2.23. The molecule has 0 spiro atoms. The van der Waals surface area contributed by atoms with Gasteiger partial charge < -0.3 is 4.74 Å². The molecule has 102 valence electrons. The monoisotopic (exact) mass is 261 g/mol. The van der Waals surface area contributed by atoms with Crippen LogP contribution < -0.4 is 16.0 Å². The predicted molar refractivity (Wildman–Crippen MR) is 72.6 cm³/mol. The van der Waals surface area contributed by atoms with E-state index < -0.39 is 0 Å². The average molecular weight is 261 g/mol. The van der Waals surface area contributed by atoms with Crippen LogP contribution in [-0.4, -0.2) is 21.9 Å². The van der Waals surface area contributed by atoms with E-state index in [4.69, 9.17) is 10.6 Å². The molecule has 0 amide bonds. The largest absolute Gasteiger partial charge is 0.493 e. The first kappa shape index (κ1) is 13.5. The van der Waals surface area contributed by atoms with Crippen molar-refractivity contribution in [1.29, 1.82) is 0 Å². The van der Waals surface area contributed by atoms with Crippen LogP contribution in [0, 0.1) is 13.8 Å². The Kier molecular flexibility index (Phi) is 3.82. The van der Waals surface area contributed by atoms with E-state index >= 15 is 0 Å². The fraction of sp³-hybridized carbons (Fsp3) is 0.385. The number of aromatic nitrogens is 3. The Morgan fingerprint density at radius 2 is 2.11 bits per heavy atom. The van der Waals surface area contributed by atoms with Crippen LogP contribution in [0.2, 0.25) is 0 Å². The Balaban J connectivity index is 2.52. The minimum absolute atomic E-state index is 0.212. The highest BCUT2D eigenvalue weighted by Crippen LogP contribution is 2.30. The quantitative estimate of drug-likeness (QED) is 0.634. The lowest BCUT2D eigenvalue weighted by molar-refractivity contribution is 0.401. The van der Waals surface area contributed by atoms with Crippen LogP contribution in [0.1, 0.15) is 28.7 Å². The summed E-state index contributed by atoms with van der Waals surface area (Å²) in [5.74, 6) is 6.42. The number of nitrogens with two attached hydrogens (primary N) is 1. The Morgan fingerprint density at radius 1 is 1.37 bits per heavy atom. The number of rotatable bonds is 4. The van der Waals surface area contributed by atoms with E-state index in [1.54, 1.807) is 18.0 Å². The van der Waals surface area contributed by atoms with Crippen molar-refractivity contribution in [2.24, 2.45) is 12.9 Å². The first-order chi connectivity index (χ1) is 9.08. The Labute approximate surface area is 112 Å². The number of nitrogens with one attached hydrogen (secondary N) is 1. The number of pyridine rings is 1. The van der Waals surface area contributed by atoms with Crippen LogP contribution in [0.15, 0.2) is 18.3 Å². The molecule has 0 aliphatic heterocycles. The molecule has 0 bridgehead atoms. The van der Waals surface area contributed by atoms with E-state index in [-0.39, 0.29) is 6.04 Å². The van der Waals surface area contributed by atoms with Gasteiger partial charge >= 0.3 is 0 Å². The molecule has 0 saturated carbocycles. The lowest BCUT2D eigenvalue weighted by Crippen LogP contribution is -2.31. The molecule has 19 heavy (non-hydrogen) atoms. The molecule has 6 nitrogen and oxygen atoms in total. The number of nitrogens with zero attached hydrogens (tertiary/aromatic N) is 3. The first-order valence-electron chi connectivity index (χ1n) is 6.04. The summed E-state index contributed by atoms with van der Waals surface area (Å²) in [6.07, 6.45) is 1.68. The number of hydrogen-bond donors (Lipinski definition) is 2. The first-order valence-corrected chi connectivity index (χ1v) is 6.04. The summed E-state index contributed by atoms with van der Waals surface area (Å²) >= 11 is 0. The van der Waals surface area contributed by atoms with E-state index in [9.17, 15) is 0 Å². The van der Waals surface area contributed by atoms with Gasteiger partial charge in [-0.25, -0.2) is 5.43 Å². The molecule has 2 rings (SSSR count). The number of hydrazine groups is 1. The Morgan fingerprint density at radius 3 is 2.68 bits per heavy atom. The van der Waals surface area contributed by atoms with Gasteiger partial charge in [-0.3, -0.25) is 15.5 Å². The summed E-state index contributed by atoms with van der Waals surface area (Å²) in [6.45, 7) is 3.93. The maximum absolute atomic E-state index is 5.72. The lowest BCUT2D eigenvalue weighted by atomic mass is 10.0. The molecule has 0 aliphatic carbocycles. The van der Waals surface area contributed by atoms with Gasteiger partial charge in [0.05, 0.1) is 19.3 Å². The predicted octanol–water partition coefficient (Wildman–Crippen LogP) is 0.993. The van der Waals surface area contributed by atoms with Crippen molar-refractivity contribution >= 4 is 0 Å². The van der Waals surface area contributed by atoms with Gasteiger partial charge in [-0.1, -0.05) is 6.07 Å². The standard InChI is InChI=1S/C13H19N5O/c1-8-5-6-10(9(2)16-8)12(17-14)13-11(19-4)7-15-18(13)3/h5-7,12,17H,14H2,1-4H3. The Bertz CT molecular complexity index is 578. The molecule has 2 aromatic rings. The van der Waals surface area contributed by atoms with Crippen LogP contribution in [0.4, 0.5) is 0 Å². The summed E-state index contributed by atoms with van der Waals surface area (Å²) in [4.78, 5) is 4.47. The fourth-order valence-corrected chi connectivity index (χ4v) is 2.23. The zero-order valence-electron chi connectivity index (χ0n) is 11.6. The molecule has 0 saturated heterocycles. The molecular formula is C13H19N5O. The summed E-state index contributed by atoms with van der Waals surface area (Å²) in [7, 11) is 3.48. The van der Waals surface area contributed by atoms with Crippen molar-refractivity contribution in [3.8, 4) is 5.75 Å². The third kappa shape index (κ3) is 2.45. The van der Waals surface area contributed by atoms with Gasteiger partial charge in [-0.15, -0.1) is 0 Å². The van der Waals surface area contributed by atoms with Crippen molar-refractivity contribution in [3.63, 3.8) is 0 Å². The van der Waals surface area contributed by atoms with Crippen LogP contribution in [0.3, 0.4) is 0 Å². The molecule has 0 aromatic carbocycles. The third-order valence-electron chi connectivity index (χ3n) is 3.19. The van der Waals surface area contributed by atoms with Gasteiger partial charge in [0, 0.05) is 18.4 Å². The zero-order chi connectivity index (χ0) is 14.0. The van der Waals surface area contributed by atoms with Crippen molar-refractivity contribution in [2.75, 3.05) is 7.11 Å². The molecule has 0 fully saturated rings. The Hall–Kier alpha value is -1.92. The van der Waals surface area contributed by atoms with E-state index in [0.717, 1.165) is 22.6 Å². The van der Waals surface area contributed by atoms with Gasteiger partial charge in [0.1, 0.15) is 5.69 Å². The highest BCUT2D eigenvalue weighted by molar-refractivity contribution is 5.38. The van der Waals surface area contributed by atoms with E-state index in [0.29, 0.717) is 5.75 Å². The molecule has 2 heterocycles. The minimum Gasteiger partial charge on any atom is -0.493 e. The smallest absolute Gasteiger partial charge is 0.161 e. The molecule has 6 heteroatoms. The van der Waals surface area contributed by atoms with Crippen molar-refractivity contribution < 1.29 is 4.74 Å². The van der Waals surface area contributed by atoms with Crippen molar-refractivity contribution in [2.45, 2.75) is 19.9 Å². The van der Waals surface area contributed by atoms with Crippen LogP contribution >= 0.6 is 0 Å². The second kappa shape index (κ2) is 5.38. The van der Waals surface area contributed by atoms with Gasteiger partial charge in [0.15, 0.2) is 5.75 Å². The highest BCUT2D eigenvalue weighted by Gasteiger charge is 2.23. The maximum Gasteiger partial charge on any atom is 0.161 e. The van der Waals surface area contributed by atoms with Gasteiger partial charge in [-0.2, -0.15) is 5.10 Å². The van der Waals surface area contributed by atoms with E-state index in [2.05, 4.69) is 15.5 Å². The second-order valence-electron chi connectivity index (χ2n) is 4.45. The maximum atomic E-state index is 5.72. The topological polar surface area (TPSA) is 78.0 Å². The summed E-state index contributed by atoms with van der Waals surface area (Å²) in [6, 6.07) is 3.78. The molecular weight excluding hydrogens is 242 g/mol.